The largest absolute Gasteiger partial charge is 0.414 e. The Morgan fingerprint density at radius 3 is 1.88 bits per heavy atom. The molecule has 0 aromatic heterocycles. The van der Waals surface area contributed by atoms with Crippen molar-refractivity contribution in [3.8, 4) is 0 Å². The molecule has 0 aromatic carbocycles. The van der Waals surface area contributed by atoms with Gasteiger partial charge >= 0.3 is 17.1 Å². The van der Waals surface area contributed by atoms with Crippen LogP contribution in [0.2, 0.25) is 22.2 Å². The standard InChI is InChI=1S/C20H40O4Si2/c1-10-11-18-12-21-19-13-22-25(14(2)3,15(4)5)24-26(16(6)7,17(8)9)23-20(18)19/h10,14-20H,1,11-13H2,2-9H3/t18?,19-,20+/m1/s1. The number of hydrogen-bond acceptors (Lipinski definition) is 4. The van der Waals surface area contributed by atoms with Crippen molar-refractivity contribution in [1.82, 2.24) is 0 Å². The SMILES string of the molecule is C=CCC1CO[C@@H]2CO[Si](C(C)C)(C(C)C)O[Si](C(C)C)(C(C)C)O[C@@H]12. The fraction of sp³-hybridized carbons (Fsp3) is 0.900. The minimum atomic E-state index is -2.52. The Bertz CT molecular complexity index is 462. The van der Waals surface area contributed by atoms with Gasteiger partial charge in [0.2, 0.25) is 0 Å². The van der Waals surface area contributed by atoms with Crippen LogP contribution in [0.4, 0.5) is 0 Å². The Kier molecular flexibility index (Phi) is 7.36. The summed E-state index contributed by atoms with van der Waals surface area (Å²) in [6, 6.07) is 0. The molecule has 0 saturated carbocycles. The van der Waals surface area contributed by atoms with E-state index in [0.717, 1.165) is 13.0 Å². The van der Waals surface area contributed by atoms with Crippen molar-refractivity contribution in [1.29, 1.82) is 0 Å². The molecule has 4 nitrogen and oxygen atoms in total. The average molecular weight is 401 g/mol. The molecular weight excluding hydrogens is 360 g/mol. The van der Waals surface area contributed by atoms with Gasteiger partial charge in [-0.15, -0.1) is 6.58 Å². The zero-order chi connectivity index (χ0) is 19.7. The van der Waals surface area contributed by atoms with Gasteiger partial charge in [-0.3, -0.25) is 0 Å². The Balaban J connectivity index is 2.50. The van der Waals surface area contributed by atoms with Crippen molar-refractivity contribution in [2.45, 2.75) is 96.2 Å². The molecule has 3 atom stereocenters. The number of ether oxygens (including phenoxy) is 1. The van der Waals surface area contributed by atoms with Crippen molar-refractivity contribution >= 4 is 17.1 Å². The molecule has 2 saturated heterocycles. The third kappa shape index (κ3) is 3.91. The van der Waals surface area contributed by atoms with E-state index in [9.17, 15) is 0 Å². The molecule has 0 aliphatic carbocycles. The molecule has 2 fully saturated rings. The van der Waals surface area contributed by atoms with Gasteiger partial charge in [0.1, 0.15) is 6.10 Å². The van der Waals surface area contributed by atoms with Gasteiger partial charge in [0.05, 0.1) is 19.3 Å². The lowest BCUT2D eigenvalue weighted by Gasteiger charge is -2.51. The lowest BCUT2D eigenvalue weighted by atomic mass is 9.99. The molecule has 0 amide bonds. The zero-order valence-corrected chi connectivity index (χ0v) is 20.1. The average Bonchev–Trinajstić information content (AvgIpc) is 2.88. The van der Waals surface area contributed by atoms with E-state index in [1.54, 1.807) is 0 Å². The van der Waals surface area contributed by atoms with Crippen molar-refractivity contribution in [3.63, 3.8) is 0 Å². The Morgan fingerprint density at radius 1 is 0.885 bits per heavy atom. The quantitative estimate of drug-likeness (QED) is 0.433. The first-order valence-corrected chi connectivity index (χ1v) is 14.3. The highest BCUT2D eigenvalue weighted by molar-refractivity contribution is 6.83. The van der Waals surface area contributed by atoms with E-state index in [0.29, 0.717) is 34.7 Å². The van der Waals surface area contributed by atoms with Crippen LogP contribution in [-0.4, -0.2) is 42.5 Å². The van der Waals surface area contributed by atoms with Crippen LogP contribution in [-0.2, 0) is 17.7 Å². The van der Waals surface area contributed by atoms with Gasteiger partial charge in [-0.25, -0.2) is 0 Å². The normalized spacial score (nSPS) is 31.3. The van der Waals surface area contributed by atoms with Gasteiger partial charge in [-0.05, 0) is 28.6 Å². The van der Waals surface area contributed by atoms with E-state index >= 15 is 0 Å². The fourth-order valence-corrected chi connectivity index (χ4v) is 15.9. The van der Waals surface area contributed by atoms with Gasteiger partial charge in [0.15, 0.2) is 0 Å². The van der Waals surface area contributed by atoms with Gasteiger partial charge in [-0.2, -0.15) is 0 Å². The van der Waals surface area contributed by atoms with E-state index in [1.807, 2.05) is 6.08 Å². The van der Waals surface area contributed by atoms with E-state index in [2.05, 4.69) is 62.0 Å². The van der Waals surface area contributed by atoms with Gasteiger partial charge in [-0.1, -0.05) is 61.5 Å². The van der Waals surface area contributed by atoms with Gasteiger partial charge < -0.3 is 17.7 Å². The summed E-state index contributed by atoms with van der Waals surface area (Å²) < 4.78 is 27.1. The molecule has 0 bridgehead atoms. The highest BCUT2D eigenvalue weighted by Crippen LogP contribution is 2.47. The third-order valence-electron chi connectivity index (χ3n) is 6.16. The van der Waals surface area contributed by atoms with Crippen molar-refractivity contribution in [3.05, 3.63) is 12.7 Å². The maximum Gasteiger partial charge on any atom is 0.335 e. The summed E-state index contributed by atoms with van der Waals surface area (Å²) in [5, 5.41) is 0. The third-order valence-corrected chi connectivity index (χ3v) is 16.4. The van der Waals surface area contributed by atoms with Crippen LogP contribution < -0.4 is 0 Å². The maximum atomic E-state index is 7.20. The predicted octanol–water partition coefficient (Wildman–Crippen LogP) is 5.53. The van der Waals surface area contributed by atoms with Gasteiger partial charge in [0, 0.05) is 5.92 Å². The first kappa shape index (κ1) is 22.3. The van der Waals surface area contributed by atoms with Crippen LogP contribution in [0.1, 0.15) is 61.8 Å². The maximum absolute atomic E-state index is 7.20. The van der Waals surface area contributed by atoms with Crippen LogP contribution in [0.3, 0.4) is 0 Å². The molecule has 2 aliphatic rings. The molecule has 0 N–H and O–H groups in total. The lowest BCUT2D eigenvalue weighted by Crippen LogP contribution is -2.65. The van der Waals surface area contributed by atoms with Gasteiger partial charge in [0.25, 0.3) is 0 Å². The molecule has 152 valence electrons. The van der Waals surface area contributed by atoms with Crippen LogP contribution in [0, 0.1) is 5.92 Å². The monoisotopic (exact) mass is 400 g/mol. The molecule has 26 heavy (non-hydrogen) atoms. The lowest BCUT2D eigenvalue weighted by molar-refractivity contribution is -0.0226. The highest BCUT2D eigenvalue weighted by atomic mass is 28.5. The van der Waals surface area contributed by atoms with Crippen molar-refractivity contribution < 1.29 is 17.7 Å². The molecule has 1 unspecified atom stereocenters. The fourth-order valence-electron chi connectivity index (χ4n) is 4.61. The molecule has 2 aliphatic heterocycles. The van der Waals surface area contributed by atoms with E-state index < -0.39 is 17.1 Å². The summed E-state index contributed by atoms with van der Waals surface area (Å²) in [5.74, 6) is 0.348. The second-order valence-corrected chi connectivity index (χ2v) is 18.1. The summed E-state index contributed by atoms with van der Waals surface area (Å²) in [7, 11) is -4.96. The number of fused-ring (bicyclic) bond motifs is 1. The van der Waals surface area contributed by atoms with E-state index in [4.69, 9.17) is 17.7 Å². The molecule has 2 heterocycles. The van der Waals surface area contributed by atoms with Crippen molar-refractivity contribution in [2.75, 3.05) is 13.2 Å². The van der Waals surface area contributed by atoms with Crippen LogP contribution in [0.5, 0.6) is 0 Å². The summed E-state index contributed by atoms with van der Waals surface area (Å²) in [5.41, 5.74) is 1.47. The molecule has 2 rings (SSSR count). The van der Waals surface area contributed by atoms with Crippen LogP contribution in [0.15, 0.2) is 12.7 Å². The molecule has 0 spiro atoms. The van der Waals surface area contributed by atoms with Crippen molar-refractivity contribution in [2.24, 2.45) is 5.92 Å². The zero-order valence-electron chi connectivity index (χ0n) is 18.1. The molecular formula is C20H40O4Si2. The minimum absolute atomic E-state index is 0.0117. The van der Waals surface area contributed by atoms with Crippen LogP contribution >= 0.6 is 0 Å². The molecule has 6 heteroatoms. The minimum Gasteiger partial charge on any atom is -0.414 e. The summed E-state index contributed by atoms with van der Waals surface area (Å²) in [6.45, 7) is 23.3. The number of hydrogen-bond donors (Lipinski definition) is 0. The topological polar surface area (TPSA) is 36.9 Å². The predicted molar refractivity (Wildman–Crippen MR) is 112 cm³/mol. The summed E-state index contributed by atoms with van der Waals surface area (Å²) in [4.78, 5) is 0. The second-order valence-electron chi connectivity index (χ2n) is 9.21. The first-order valence-electron chi connectivity index (χ1n) is 10.3. The van der Waals surface area contributed by atoms with Crippen LogP contribution in [0.25, 0.3) is 0 Å². The smallest absolute Gasteiger partial charge is 0.335 e. The highest BCUT2D eigenvalue weighted by Gasteiger charge is 2.60. The second kappa shape index (κ2) is 8.58. The number of rotatable bonds is 6. The summed E-state index contributed by atoms with van der Waals surface area (Å²) in [6.07, 6.45) is 2.96. The molecule has 0 radical (unpaired) electrons. The van der Waals surface area contributed by atoms with E-state index in [1.165, 1.54) is 0 Å². The Morgan fingerprint density at radius 2 is 1.42 bits per heavy atom. The Hall–Kier alpha value is 0.0138. The molecule has 0 aromatic rings. The summed E-state index contributed by atoms with van der Waals surface area (Å²) >= 11 is 0. The van der Waals surface area contributed by atoms with E-state index in [-0.39, 0.29) is 12.2 Å². The first-order chi connectivity index (χ1) is 12.1. The number of allylic oxidation sites excluding steroid dienone is 1. The Labute approximate surface area is 163 Å².